The molecule has 0 unspecified atom stereocenters. The lowest BCUT2D eigenvalue weighted by Gasteiger charge is -2.29. The van der Waals surface area contributed by atoms with Gasteiger partial charge in [0, 0.05) is 32.0 Å². The van der Waals surface area contributed by atoms with Crippen molar-refractivity contribution in [3.05, 3.63) is 57.3 Å². The van der Waals surface area contributed by atoms with Crippen molar-refractivity contribution in [1.29, 1.82) is 0 Å². The molecule has 1 aliphatic carbocycles. The number of nitrogens with zero attached hydrogens (tertiary/aromatic N) is 2. The molecule has 27 heavy (non-hydrogen) atoms. The molecule has 5 nitrogen and oxygen atoms in total. The van der Waals surface area contributed by atoms with E-state index in [9.17, 15) is 4.79 Å². The summed E-state index contributed by atoms with van der Waals surface area (Å²) in [5.41, 5.74) is 3.18. The molecule has 1 fully saturated rings. The maximum absolute atomic E-state index is 12.7. The summed E-state index contributed by atoms with van der Waals surface area (Å²) < 4.78 is 5.51. The molecule has 0 radical (unpaired) electrons. The molecule has 2 aliphatic rings. The second kappa shape index (κ2) is 8.26. The smallest absolute Gasteiger partial charge is 0.255 e. The summed E-state index contributed by atoms with van der Waals surface area (Å²) in [4.78, 5) is 23.0. The van der Waals surface area contributed by atoms with Crippen LogP contribution in [0.2, 0.25) is 0 Å². The number of H-pyrrole nitrogens is 1. The zero-order chi connectivity index (χ0) is 18.6. The zero-order valence-corrected chi connectivity index (χ0v) is 16.2. The normalized spacial score (nSPS) is 18.3. The zero-order valence-electron chi connectivity index (χ0n) is 16.2. The van der Waals surface area contributed by atoms with Gasteiger partial charge >= 0.3 is 0 Å². The maximum Gasteiger partial charge on any atom is 0.255 e. The van der Waals surface area contributed by atoms with Crippen molar-refractivity contribution in [3.8, 4) is 5.75 Å². The summed E-state index contributed by atoms with van der Waals surface area (Å²) >= 11 is 0. The SMILES string of the molecule is CCOc1ccc(CN2CCc3nc(C4CCCCC4)[nH]c(=O)c3C2)cc1. The molecule has 2 heterocycles. The Morgan fingerprint density at radius 3 is 2.70 bits per heavy atom. The van der Waals surface area contributed by atoms with Crippen LogP contribution in [0.4, 0.5) is 0 Å². The number of rotatable bonds is 5. The standard InChI is InChI=1S/C22H29N3O2/c1-2-27-18-10-8-16(9-11-18)14-25-13-12-20-19(15-25)22(26)24-21(23-20)17-6-4-3-5-7-17/h8-11,17H,2-7,12-15H2,1H3,(H,23,24,26). The molecule has 4 rings (SSSR count). The Labute approximate surface area is 160 Å². The number of benzene rings is 1. The minimum absolute atomic E-state index is 0.0666. The molecule has 2 aromatic rings. The maximum atomic E-state index is 12.7. The molecule has 1 aromatic heterocycles. The fraction of sp³-hybridized carbons (Fsp3) is 0.545. The summed E-state index contributed by atoms with van der Waals surface area (Å²) in [6, 6.07) is 8.24. The fourth-order valence-electron chi connectivity index (χ4n) is 4.32. The van der Waals surface area contributed by atoms with Crippen molar-refractivity contribution < 1.29 is 4.74 Å². The molecule has 0 bridgehead atoms. The lowest BCUT2D eigenvalue weighted by atomic mass is 9.88. The molecule has 0 amide bonds. The average molecular weight is 367 g/mol. The Morgan fingerprint density at radius 1 is 1.19 bits per heavy atom. The summed E-state index contributed by atoms with van der Waals surface area (Å²) in [6.45, 7) is 5.14. The summed E-state index contributed by atoms with van der Waals surface area (Å²) in [5, 5.41) is 0. The van der Waals surface area contributed by atoms with Crippen LogP contribution < -0.4 is 10.3 Å². The lowest BCUT2D eigenvalue weighted by Crippen LogP contribution is -2.36. The van der Waals surface area contributed by atoms with Gasteiger partial charge in [0.1, 0.15) is 11.6 Å². The van der Waals surface area contributed by atoms with Crippen molar-refractivity contribution in [1.82, 2.24) is 14.9 Å². The molecule has 1 aliphatic heterocycles. The Balaban J connectivity index is 1.45. The van der Waals surface area contributed by atoms with Crippen molar-refractivity contribution in [2.24, 2.45) is 0 Å². The first-order chi connectivity index (χ1) is 13.2. The van der Waals surface area contributed by atoms with Gasteiger partial charge in [-0.3, -0.25) is 9.69 Å². The van der Waals surface area contributed by atoms with Crippen LogP contribution in [-0.2, 0) is 19.5 Å². The number of hydrogen-bond acceptors (Lipinski definition) is 4. The molecule has 0 spiro atoms. The Morgan fingerprint density at radius 2 is 1.96 bits per heavy atom. The third kappa shape index (κ3) is 4.24. The number of hydrogen-bond donors (Lipinski definition) is 1. The molecule has 1 aromatic carbocycles. The number of ether oxygens (including phenoxy) is 1. The van der Waals surface area contributed by atoms with E-state index in [1.165, 1.54) is 24.8 Å². The molecule has 1 saturated carbocycles. The van der Waals surface area contributed by atoms with E-state index in [-0.39, 0.29) is 5.56 Å². The summed E-state index contributed by atoms with van der Waals surface area (Å²) in [5.74, 6) is 2.28. The van der Waals surface area contributed by atoms with Gasteiger partial charge in [0.25, 0.3) is 5.56 Å². The van der Waals surface area contributed by atoms with Crippen LogP contribution >= 0.6 is 0 Å². The van der Waals surface area contributed by atoms with Crippen LogP contribution in [0.25, 0.3) is 0 Å². The van der Waals surface area contributed by atoms with Crippen LogP contribution in [-0.4, -0.2) is 28.0 Å². The van der Waals surface area contributed by atoms with Crippen LogP contribution in [0.5, 0.6) is 5.75 Å². The number of aromatic nitrogens is 2. The molecular formula is C22H29N3O2. The number of fused-ring (bicyclic) bond motifs is 1. The van der Waals surface area contributed by atoms with Crippen molar-refractivity contribution in [2.75, 3.05) is 13.2 Å². The van der Waals surface area contributed by atoms with Crippen molar-refractivity contribution in [2.45, 2.75) is 64.5 Å². The predicted molar refractivity (Wildman–Crippen MR) is 106 cm³/mol. The average Bonchev–Trinajstić information content (AvgIpc) is 2.71. The van der Waals surface area contributed by atoms with Gasteiger partial charge in [-0.15, -0.1) is 0 Å². The van der Waals surface area contributed by atoms with Crippen molar-refractivity contribution >= 4 is 0 Å². The van der Waals surface area contributed by atoms with Gasteiger partial charge in [-0.05, 0) is 37.5 Å². The van der Waals surface area contributed by atoms with E-state index < -0.39 is 0 Å². The highest BCUT2D eigenvalue weighted by atomic mass is 16.5. The molecule has 1 N–H and O–H groups in total. The number of nitrogens with one attached hydrogen (secondary N) is 1. The Bertz CT molecular complexity index is 822. The lowest BCUT2D eigenvalue weighted by molar-refractivity contribution is 0.241. The van der Waals surface area contributed by atoms with Gasteiger partial charge in [-0.2, -0.15) is 0 Å². The highest BCUT2D eigenvalue weighted by molar-refractivity contribution is 5.28. The van der Waals surface area contributed by atoms with Gasteiger partial charge < -0.3 is 9.72 Å². The molecular weight excluding hydrogens is 338 g/mol. The molecule has 0 saturated heterocycles. The van der Waals surface area contributed by atoms with E-state index in [2.05, 4.69) is 22.0 Å². The van der Waals surface area contributed by atoms with Crippen molar-refractivity contribution in [3.63, 3.8) is 0 Å². The third-order valence-corrected chi connectivity index (χ3v) is 5.80. The van der Waals surface area contributed by atoms with Crippen LogP contribution in [0.3, 0.4) is 0 Å². The summed E-state index contributed by atoms with van der Waals surface area (Å²) in [7, 11) is 0. The highest BCUT2D eigenvalue weighted by Crippen LogP contribution is 2.30. The Hall–Kier alpha value is -2.14. The predicted octanol–water partition coefficient (Wildman–Crippen LogP) is 3.77. The van der Waals surface area contributed by atoms with Gasteiger partial charge in [0.05, 0.1) is 17.9 Å². The van der Waals surface area contributed by atoms with Crippen LogP contribution in [0.15, 0.2) is 29.1 Å². The Kier molecular flexibility index (Phi) is 5.58. The van der Waals surface area contributed by atoms with E-state index >= 15 is 0 Å². The minimum Gasteiger partial charge on any atom is -0.494 e. The van der Waals surface area contributed by atoms with E-state index in [0.717, 1.165) is 55.2 Å². The van der Waals surface area contributed by atoms with Crippen LogP contribution in [0, 0.1) is 0 Å². The van der Waals surface area contributed by atoms with Gasteiger partial charge in [0.2, 0.25) is 0 Å². The van der Waals surface area contributed by atoms with Gasteiger partial charge in [0.15, 0.2) is 0 Å². The van der Waals surface area contributed by atoms with E-state index in [1.807, 2.05) is 19.1 Å². The first kappa shape index (κ1) is 18.2. The van der Waals surface area contributed by atoms with Gasteiger partial charge in [-0.25, -0.2) is 4.98 Å². The molecule has 5 heteroatoms. The van der Waals surface area contributed by atoms with Gasteiger partial charge in [-0.1, -0.05) is 31.4 Å². The highest BCUT2D eigenvalue weighted by Gasteiger charge is 2.24. The first-order valence-electron chi connectivity index (χ1n) is 10.3. The number of aromatic amines is 1. The van der Waals surface area contributed by atoms with E-state index in [4.69, 9.17) is 9.72 Å². The molecule has 144 valence electrons. The summed E-state index contributed by atoms with van der Waals surface area (Å²) in [6.07, 6.45) is 6.99. The first-order valence-corrected chi connectivity index (χ1v) is 10.3. The second-order valence-electron chi connectivity index (χ2n) is 7.75. The molecule has 0 atom stereocenters. The van der Waals surface area contributed by atoms with Crippen LogP contribution in [0.1, 0.15) is 67.6 Å². The fourth-order valence-corrected chi connectivity index (χ4v) is 4.32. The minimum atomic E-state index is 0.0666. The largest absolute Gasteiger partial charge is 0.494 e. The quantitative estimate of drug-likeness (QED) is 0.874. The third-order valence-electron chi connectivity index (χ3n) is 5.80. The monoisotopic (exact) mass is 367 g/mol. The van der Waals surface area contributed by atoms with E-state index in [0.29, 0.717) is 19.1 Å². The van der Waals surface area contributed by atoms with E-state index in [1.54, 1.807) is 0 Å². The topological polar surface area (TPSA) is 58.2 Å². The second-order valence-corrected chi connectivity index (χ2v) is 7.75.